The number of piperidine rings is 1. The molecule has 2 rings (SSSR count). The molecule has 0 N–H and O–H groups in total. The first-order chi connectivity index (χ1) is 8.70. The number of ether oxygens (including phenoxy) is 1. The minimum absolute atomic E-state index is 0. The van der Waals surface area contributed by atoms with E-state index in [4.69, 9.17) is 0 Å². The van der Waals surface area contributed by atoms with Gasteiger partial charge in [0.1, 0.15) is 11.7 Å². The van der Waals surface area contributed by atoms with Gasteiger partial charge >= 0.3 is 5.97 Å². The van der Waals surface area contributed by atoms with E-state index in [0.717, 1.165) is 6.54 Å². The van der Waals surface area contributed by atoms with Gasteiger partial charge in [0.25, 0.3) is 0 Å². The number of hydrogen-bond acceptors (Lipinski definition) is 4. The maximum atomic E-state index is 11.7. The highest BCUT2D eigenvalue weighted by atomic mass is 35.5. The first kappa shape index (κ1) is 15.7. The lowest BCUT2D eigenvalue weighted by Crippen LogP contribution is -2.44. The van der Waals surface area contributed by atoms with Crippen molar-refractivity contribution in [2.75, 3.05) is 20.2 Å². The Hall–Kier alpha value is -1.39. The van der Waals surface area contributed by atoms with Gasteiger partial charge in [0.15, 0.2) is 0 Å². The van der Waals surface area contributed by atoms with Gasteiger partial charge in [0.2, 0.25) is 0 Å². The molecule has 1 aliphatic rings. The molecular formula is C14H18ClNO3. The Morgan fingerprint density at radius 1 is 1.37 bits per heavy atom. The van der Waals surface area contributed by atoms with Crippen LogP contribution in [0.1, 0.15) is 12.0 Å². The summed E-state index contributed by atoms with van der Waals surface area (Å²) in [6, 6.07) is 10.0. The molecule has 19 heavy (non-hydrogen) atoms. The van der Waals surface area contributed by atoms with E-state index in [1.807, 2.05) is 30.3 Å². The molecule has 1 aromatic rings. The Balaban J connectivity index is 0.00000180. The maximum absolute atomic E-state index is 11.7. The molecule has 0 radical (unpaired) electrons. The third-order valence-corrected chi connectivity index (χ3v) is 3.24. The second-order valence-electron chi connectivity index (χ2n) is 4.51. The maximum Gasteiger partial charge on any atom is 0.317 e. The Kier molecular flexibility index (Phi) is 5.99. The fourth-order valence-electron chi connectivity index (χ4n) is 2.23. The smallest absolute Gasteiger partial charge is 0.317 e. The summed E-state index contributed by atoms with van der Waals surface area (Å²) in [5.41, 5.74) is 1.19. The van der Waals surface area contributed by atoms with Crippen LogP contribution in [0.2, 0.25) is 0 Å². The molecular weight excluding hydrogens is 266 g/mol. The summed E-state index contributed by atoms with van der Waals surface area (Å²) in [5.74, 6) is -1.05. The highest BCUT2D eigenvalue weighted by Gasteiger charge is 2.33. The number of Topliss-reactive ketones (excluding diaryl/α,β-unsaturated/α-hetero) is 1. The van der Waals surface area contributed by atoms with Crippen molar-refractivity contribution in [2.24, 2.45) is 5.92 Å². The van der Waals surface area contributed by atoms with Crippen molar-refractivity contribution >= 4 is 24.2 Å². The predicted molar refractivity (Wildman–Crippen MR) is 74.1 cm³/mol. The van der Waals surface area contributed by atoms with Crippen molar-refractivity contribution in [3.63, 3.8) is 0 Å². The number of nitrogens with zero attached hydrogens (tertiary/aromatic N) is 1. The molecule has 0 aromatic heterocycles. The summed E-state index contributed by atoms with van der Waals surface area (Å²) in [6.07, 6.45) is 0.423. The van der Waals surface area contributed by atoms with Crippen LogP contribution in [0.3, 0.4) is 0 Å². The Morgan fingerprint density at radius 2 is 2.05 bits per heavy atom. The van der Waals surface area contributed by atoms with Crippen LogP contribution in [0.5, 0.6) is 0 Å². The van der Waals surface area contributed by atoms with Crippen LogP contribution in [0, 0.1) is 5.92 Å². The van der Waals surface area contributed by atoms with Crippen molar-refractivity contribution in [3.05, 3.63) is 35.9 Å². The highest BCUT2D eigenvalue weighted by Crippen LogP contribution is 2.16. The van der Waals surface area contributed by atoms with E-state index in [2.05, 4.69) is 9.64 Å². The minimum atomic E-state index is -0.618. The van der Waals surface area contributed by atoms with Crippen LogP contribution in [-0.2, 0) is 20.9 Å². The summed E-state index contributed by atoms with van der Waals surface area (Å²) >= 11 is 0. The number of benzene rings is 1. The lowest BCUT2D eigenvalue weighted by atomic mass is 9.96. The number of halogens is 1. The first-order valence-corrected chi connectivity index (χ1v) is 6.07. The van der Waals surface area contributed by atoms with Gasteiger partial charge < -0.3 is 4.74 Å². The molecule has 4 nitrogen and oxygen atoms in total. The molecule has 0 bridgehead atoms. The van der Waals surface area contributed by atoms with Gasteiger partial charge in [-0.3, -0.25) is 14.5 Å². The molecule has 1 fully saturated rings. The summed E-state index contributed by atoms with van der Waals surface area (Å²) in [7, 11) is 1.33. The molecule has 0 spiro atoms. The largest absolute Gasteiger partial charge is 0.468 e. The number of likely N-dealkylation sites (tertiary alicyclic amines) is 1. The average molecular weight is 284 g/mol. The predicted octanol–water partition coefficient (Wildman–Crippen LogP) is 1.67. The van der Waals surface area contributed by atoms with Crippen molar-refractivity contribution in [2.45, 2.75) is 13.0 Å². The molecule has 104 valence electrons. The normalized spacial score (nSPS) is 19.6. The molecule has 5 heteroatoms. The van der Waals surface area contributed by atoms with Crippen molar-refractivity contribution in [1.82, 2.24) is 4.90 Å². The topological polar surface area (TPSA) is 46.6 Å². The monoisotopic (exact) mass is 283 g/mol. The second kappa shape index (κ2) is 7.26. The van der Waals surface area contributed by atoms with Gasteiger partial charge in [-0.15, -0.1) is 12.4 Å². The second-order valence-corrected chi connectivity index (χ2v) is 4.51. The van der Waals surface area contributed by atoms with Crippen LogP contribution in [0.15, 0.2) is 30.3 Å². The Labute approximate surface area is 119 Å². The quantitative estimate of drug-likeness (QED) is 0.625. The highest BCUT2D eigenvalue weighted by molar-refractivity contribution is 5.99. The minimum Gasteiger partial charge on any atom is -0.468 e. The molecule has 1 aliphatic heterocycles. The lowest BCUT2D eigenvalue weighted by Gasteiger charge is -2.30. The van der Waals surface area contributed by atoms with E-state index >= 15 is 0 Å². The molecule has 0 amide bonds. The van der Waals surface area contributed by atoms with Crippen molar-refractivity contribution in [3.8, 4) is 0 Å². The van der Waals surface area contributed by atoms with E-state index in [1.54, 1.807) is 0 Å². The van der Waals surface area contributed by atoms with Gasteiger partial charge in [-0.2, -0.15) is 0 Å². The zero-order chi connectivity index (χ0) is 13.0. The molecule has 0 saturated carbocycles. The Morgan fingerprint density at radius 3 is 2.68 bits per heavy atom. The van der Waals surface area contributed by atoms with Gasteiger partial charge in [0, 0.05) is 26.1 Å². The summed E-state index contributed by atoms with van der Waals surface area (Å²) in [6.45, 7) is 1.93. The van der Waals surface area contributed by atoms with Gasteiger partial charge in [-0.05, 0) is 5.56 Å². The van der Waals surface area contributed by atoms with E-state index in [1.165, 1.54) is 12.7 Å². The van der Waals surface area contributed by atoms with E-state index < -0.39 is 11.9 Å². The summed E-state index contributed by atoms with van der Waals surface area (Å²) in [5, 5.41) is 0. The van der Waals surface area contributed by atoms with Crippen LogP contribution in [0.4, 0.5) is 0 Å². The van der Waals surface area contributed by atoms with E-state index in [-0.39, 0.29) is 18.2 Å². The molecule has 1 saturated heterocycles. The standard InChI is InChI=1S/C14H17NO3.ClH/c1-18-14(17)12-10-15(8-7-13(12)16)9-11-5-3-2-4-6-11;/h2-6,12H,7-10H2,1H3;1H/t12-;/m1./s1. The average Bonchev–Trinajstić information content (AvgIpc) is 2.41. The number of ketones is 1. The van der Waals surface area contributed by atoms with Crippen LogP contribution in [0.25, 0.3) is 0 Å². The number of esters is 1. The van der Waals surface area contributed by atoms with E-state index in [9.17, 15) is 9.59 Å². The number of carbonyl (C=O) groups is 2. The van der Waals surface area contributed by atoms with Gasteiger partial charge in [-0.25, -0.2) is 0 Å². The fraction of sp³-hybridized carbons (Fsp3) is 0.429. The third kappa shape index (κ3) is 4.04. The van der Waals surface area contributed by atoms with Crippen LogP contribution >= 0.6 is 12.4 Å². The van der Waals surface area contributed by atoms with Gasteiger partial charge in [0.05, 0.1) is 7.11 Å². The van der Waals surface area contributed by atoms with Gasteiger partial charge in [-0.1, -0.05) is 30.3 Å². The number of methoxy groups -OCH3 is 1. The Bertz CT molecular complexity index is 428. The lowest BCUT2D eigenvalue weighted by molar-refractivity contribution is -0.152. The third-order valence-electron chi connectivity index (χ3n) is 3.24. The number of rotatable bonds is 3. The molecule has 1 heterocycles. The zero-order valence-corrected chi connectivity index (χ0v) is 11.7. The zero-order valence-electron chi connectivity index (χ0n) is 10.9. The summed E-state index contributed by atoms with van der Waals surface area (Å²) in [4.78, 5) is 25.3. The van der Waals surface area contributed by atoms with Crippen LogP contribution in [-0.4, -0.2) is 36.9 Å². The SMILES string of the molecule is COC(=O)[C@@H]1CN(Cc2ccccc2)CCC1=O.Cl. The summed E-state index contributed by atoms with van der Waals surface area (Å²) < 4.78 is 4.67. The molecule has 1 aromatic carbocycles. The first-order valence-electron chi connectivity index (χ1n) is 6.07. The van der Waals surface area contributed by atoms with Crippen LogP contribution < -0.4 is 0 Å². The fourth-order valence-corrected chi connectivity index (χ4v) is 2.23. The van der Waals surface area contributed by atoms with Crippen molar-refractivity contribution in [1.29, 1.82) is 0 Å². The molecule has 0 aliphatic carbocycles. The van der Waals surface area contributed by atoms with E-state index in [0.29, 0.717) is 19.5 Å². The molecule has 1 atom stereocenters. The van der Waals surface area contributed by atoms with Crippen molar-refractivity contribution < 1.29 is 14.3 Å². The number of hydrogen-bond donors (Lipinski definition) is 0. The number of carbonyl (C=O) groups excluding carboxylic acids is 2. The molecule has 0 unspecified atom stereocenters.